The standard InChI is InChI=1S/C26H31N3O5/c1-28(26(31)18-6-5-7-18)16-25(30)29-23(21-14-20(33-3)12-13-24(21)34-4)15-22(27-29)17-8-10-19(32-2)11-9-17/h8-14,18,23H,5-7,15-16H2,1-4H3/t23-/m0/s1. The Hall–Kier alpha value is -3.55. The Morgan fingerprint density at radius 1 is 1.00 bits per heavy atom. The second kappa shape index (κ2) is 10.2. The maximum atomic E-state index is 13.4. The van der Waals surface area contributed by atoms with Crippen molar-refractivity contribution in [2.75, 3.05) is 34.9 Å². The lowest BCUT2D eigenvalue weighted by Gasteiger charge is -2.30. The van der Waals surface area contributed by atoms with Crippen molar-refractivity contribution >= 4 is 17.5 Å². The summed E-state index contributed by atoms with van der Waals surface area (Å²) in [5.74, 6) is 1.87. The van der Waals surface area contributed by atoms with E-state index < -0.39 is 0 Å². The minimum absolute atomic E-state index is 0.0219. The molecule has 8 nitrogen and oxygen atoms in total. The second-order valence-corrected chi connectivity index (χ2v) is 8.66. The summed E-state index contributed by atoms with van der Waals surface area (Å²) in [6.45, 7) is -0.0302. The van der Waals surface area contributed by atoms with E-state index >= 15 is 0 Å². The molecule has 8 heteroatoms. The van der Waals surface area contributed by atoms with Crippen LogP contribution in [0.25, 0.3) is 0 Å². The average molecular weight is 466 g/mol. The summed E-state index contributed by atoms with van der Waals surface area (Å²) in [5, 5.41) is 6.21. The summed E-state index contributed by atoms with van der Waals surface area (Å²) in [7, 11) is 6.51. The van der Waals surface area contributed by atoms with Crippen molar-refractivity contribution in [2.24, 2.45) is 11.0 Å². The van der Waals surface area contributed by atoms with Gasteiger partial charge in [-0.25, -0.2) is 5.01 Å². The van der Waals surface area contributed by atoms with Gasteiger partial charge in [-0.05, 0) is 60.9 Å². The maximum Gasteiger partial charge on any atom is 0.262 e. The number of hydrogen-bond donors (Lipinski definition) is 0. The molecule has 1 fully saturated rings. The van der Waals surface area contributed by atoms with Crippen molar-refractivity contribution in [3.05, 3.63) is 53.6 Å². The van der Waals surface area contributed by atoms with Crippen LogP contribution in [-0.2, 0) is 9.59 Å². The molecule has 1 atom stereocenters. The van der Waals surface area contributed by atoms with Gasteiger partial charge < -0.3 is 19.1 Å². The lowest BCUT2D eigenvalue weighted by Crippen LogP contribution is -2.42. The fraction of sp³-hybridized carbons (Fsp3) is 0.423. The van der Waals surface area contributed by atoms with Gasteiger partial charge in [0.25, 0.3) is 5.91 Å². The number of nitrogens with zero attached hydrogens (tertiary/aromatic N) is 3. The van der Waals surface area contributed by atoms with Crippen LogP contribution in [0.4, 0.5) is 0 Å². The zero-order valence-electron chi connectivity index (χ0n) is 20.1. The lowest BCUT2D eigenvalue weighted by atomic mass is 9.84. The van der Waals surface area contributed by atoms with Gasteiger partial charge in [-0.15, -0.1) is 0 Å². The number of carbonyl (C=O) groups excluding carboxylic acids is 2. The molecule has 34 heavy (non-hydrogen) atoms. The third kappa shape index (κ3) is 4.71. The number of likely N-dealkylation sites (N-methyl/N-ethyl adjacent to an activating group) is 1. The van der Waals surface area contributed by atoms with Crippen LogP contribution in [-0.4, -0.2) is 62.4 Å². The van der Waals surface area contributed by atoms with E-state index in [2.05, 4.69) is 0 Å². The Bertz CT molecular complexity index is 1080. The molecule has 1 saturated carbocycles. The minimum atomic E-state index is -0.387. The van der Waals surface area contributed by atoms with Gasteiger partial charge in [-0.3, -0.25) is 9.59 Å². The first-order valence-corrected chi connectivity index (χ1v) is 11.5. The second-order valence-electron chi connectivity index (χ2n) is 8.66. The Labute approximate surface area is 200 Å². The molecule has 0 bridgehead atoms. The van der Waals surface area contributed by atoms with Gasteiger partial charge in [0.1, 0.15) is 23.8 Å². The van der Waals surface area contributed by atoms with E-state index in [9.17, 15) is 9.59 Å². The van der Waals surface area contributed by atoms with Gasteiger partial charge in [0.05, 0.1) is 33.1 Å². The smallest absolute Gasteiger partial charge is 0.262 e. The van der Waals surface area contributed by atoms with Crippen LogP contribution in [0.5, 0.6) is 17.2 Å². The fourth-order valence-corrected chi connectivity index (χ4v) is 4.36. The van der Waals surface area contributed by atoms with Crippen LogP contribution in [0.1, 0.15) is 42.9 Å². The maximum absolute atomic E-state index is 13.4. The molecule has 1 aliphatic carbocycles. The number of amides is 2. The van der Waals surface area contributed by atoms with E-state index in [1.54, 1.807) is 28.4 Å². The predicted molar refractivity (Wildman–Crippen MR) is 128 cm³/mol. The van der Waals surface area contributed by atoms with Crippen LogP contribution in [0.2, 0.25) is 0 Å². The largest absolute Gasteiger partial charge is 0.497 e. The summed E-state index contributed by atoms with van der Waals surface area (Å²) < 4.78 is 16.3. The van der Waals surface area contributed by atoms with E-state index in [0.717, 1.165) is 41.9 Å². The molecule has 0 unspecified atom stereocenters. The van der Waals surface area contributed by atoms with Crippen molar-refractivity contribution < 1.29 is 23.8 Å². The first-order valence-electron chi connectivity index (χ1n) is 11.5. The number of hydrogen-bond acceptors (Lipinski definition) is 6. The SMILES string of the molecule is COc1ccc(C2=NN(C(=O)CN(C)C(=O)C3CCC3)[C@H](c3cc(OC)ccc3OC)C2)cc1. The van der Waals surface area contributed by atoms with Crippen molar-refractivity contribution in [1.82, 2.24) is 9.91 Å². The summed E-state index contributed by atoms with van der Waals surface area (Å²) in [5.41, 5.74) is 2.48. The van der Waals surface area contributed by atoms with Crippen molar-refractivity contribution in [3.63, 3.8) is 0 Å². The number of methoxy groups -OCH3 is 3. The fourth-order valence-electron chi connectivity index (χ4n) is 4.36. The highest BCUT2D eigenvalue weighted by Crippen LogP contribution is 2.39. The number of hydrazone groups is 1. The molecule has 2 aromatic rings. The normalized spacial score (nSPS) is 17.6. The molecule has 4 rings (SSSR count). The lowest BCUT2D eigenvalue weighted by molar-refractivity contribution is -0.144. The molecule has 0 N–H and O–H groups in total. The molecule has 0 saturated heterocycles. The predicted octanol–water partition coefficient (Wildman–Crippen LogP) is 3.65. The molecule has 2 amide bonds. The van der Waals surface area contributed by atoms with Gasteiger partial charge >= 0.3 is 0 Å². The Balaban J connectivity index is 1.65. The quantitative estimate of drug-likeness (QED) is 0.595. The molecule has 2 aromatic carbocycles. The Kier molecular flexibility index (Phi) is 7.05. The van der Waals surface area contributed by atoms with E-state index in [-0.39, 0.29) is 30.3 Å². The van der Waals surface area contributed by atoms with Crippen LogP contribution >= 0.6 is 0 Å². The summed E-state index contributed by atoms with van der Waals surface area (Å²) in [4.78, 5) is 27.6. The van der Waals surface area contributed by atoms with Crippen LogP contribution in [0.3, 0.4) is 0 Å². The highest BCUT2D eigenvalue weighted by Gasteiger charge is 2.37. The topological polar surface area (TPSA) is 80.7 Å². The van der Waals surface area contributed by atoms with Crippen LogP contribution in [0, 0.1) is 5.92 Å². The number of ether oxygens (including phenoxy) is 3. The zero-order chi connectivity index (χ0) is 24.2. The molecule has 1 aliphatic heterocycles. The van der Waals surface area contributed by atoms with Gasteiger partial charge in [-0.1, -0.05) is 6.42 Å². The van der Waals surface area contributed by atoms with E-state index in [0.29, 0.717) is 17.9 Å². The first-order chi connectivity index (χ1) is 16.4. The van der Waals surface area contributed by atoms with Crippen LogP contribution in [0.15, 0.2) is 47.6 Å². The van der Waals surface area contributed by atoms with E-state index in [4.69, 9.17) is 19.3 Å². The molecule has 0 radical (unpaired) electrons. The highest BCUT2D eigenvalue weighted by molar-refractivity contribution is 6.03. The van der Waals surface area contributed by atoms with Gasteiger partial charge in [0.2, 0.25) is 5.91 Å². The molecular formula is C26H31N3O5. The minimum Gasteiger partial charge on any atom is -0.497 e. The average Bonchev–Trinajstić information content (AvgIpc) is 3.28. The number of carbonyl (C=O) groups is 2. The van der Waals surface area contributed by atoms with E-state index in [1.165, 1.54) is 9.91 Å². The molecule has 0 spiro atoms. The molecule has 2 aliphatic rings. The molecule has 0 aromatic heterocycles. The molecule has 180 valence electrons. The third-order valence-corrected chi connectivity index (χ3v) is 6.59. The monoisotopic (exact) mass is 465 g/mol. The Morgan fingerprint density at radius 3 is 2.26 bits per heavy atom. The van der Waals surface area contributed by atoms with Crippen LogP contribution < -0.4 is 14.2 Å². The molecular weight excluding hydrogens is 434 g/mol. The summed E-state index contributed by atoms with van der Waals surface area (Å²) in [6.07, 6.45) is 3.36. The third-order valence-electron chi connectivity index (χ3n) is 6.59. The first kappa shape index (κ1) is 23.6. The van der Waals surface area contributed by atoms with Gasteiger partial charge in [-0.2, -0.15) is 5.10 Å². The van der Waals surface area contributed by atoms with Crippen molar-refractivity contribution in [1.29, 1.82) is 0 Å². The number of benzene rings is 2. The van der Waals surface area contributed by atoms with Gasteiger partial charge in [0.15, 0.2) is 0 Å². The summed E-state index contributed by atoms with van der Waals surface area (Å²) in [6, 6.07) is 12.7. The van der Waals surface area contributed by atoms with Crippen molar-refractivity contribution in [2.45, 2.75) is 31.7 Å². The molecule has 1 heterocycles. The number of rotatable bonds is 8. The van der Waals surface area contributed by atoms with Gasteiger partial charge in [0, 0.05) is 24.9 Å². The summed E-state index contributed by atoms with van der Waals surface area (Å²) >= 11 is 0. The van der Waals surface area contributed by atoms with Crippen molar-refractivity contribution in [3.8, 4) is 17.2 Å². The van der Waals surface area contributed by atoms with E-state index in [1.807, 2.05) is 42.5 Å². The zero-order valence-corrected chi connectivity index (χ0v) is 20.1. The Morgan fingerprint density at radius 2 is 1.68 bits per heavy atom. The highest BCUT2D eigenvalue weighted by atomic mass is 16.5.